The summed E-state index contributed by atoms with van der Waals surface area (Å²) < 4.78 is 15.2. The molecule has 90 valence electrons. The number of nitrogens with two attached hydrogens (primary N) is 1. The van der Waals surface area contributed by atoms with Crippen molar-refractivity contribution in [3.05, 3.63) is 11.9 Å². The number of aromatic nitrogens is 2. The SMILES string of the molecule is COc1cnc(C(N)C(C)OC)c(OC)n1. The van der Waals surface area contributed by atoms with E-state index in [2.05, 4.69) is 9.97 Å². The third kappa shape index (κ3) is 2.59. The van der Waals surface area contributed by atoms with Crippen LogP contribution >= 0.6 is 0 Å². The summed E-state index contributed by atoms with van der Waals surface area (Å²) in [6.45, 7) is 1.86. The third-order valence-corrected chi connectivity index (χ3v) is 2.34. The Balaban J connectivity index is 3.03. The molecule has 0 saturated heterocycles. The Morgan fingerprint density at radius 3 is 2.44 bits per heavy atom. The van der Waals surface area contributed by atoms with Crippen LogP contribution in [0.3, 0.4) is 0 Å². The number of hydrogen-bond donors (Lipinski definition) is 1. The molecule has 0 amide bonds. The van der Waals surface area contributed by atoms with Gasteiger partial charge in [0, 0.05) is 7.11 Å². The predicted octanol–water partition coefficient (Wildman–Crippen LogP) is 0.528. The summed E-state index contributed by atoms with van der Waals surface area (Å²) >= 11 is 0. The van der Waals surface area contributed by atoms with Gasteiger partial charge in [-0.05, 0) is 6.92 Å². The molecule has 0 fully saturated rings. The standard InChI is InChI=1S/C10H17N3O3/c1-6(14-2)8(11)9-10(16-4)13-7(15-3)5-12-9/h5-6,8H,11H2,1-4H3. The van der Waals surface area contributed by atoms with Gasteiger partial charge in [0.2, 0.25) is 11.8 Å². The van der Waals surface area contributed by atoms with Gasteiger partial charge in [0.25, 0.3) is 0 Å². The number of methoxy groups -OCH3 is 3. The van der Waals surface area contributed by atoms with Gasteiger partial charge in [-0.1, -0.05) is 0 Å². The van der Waals surface area contributed by atoms with E-state index < -0.39 is 6.04 Å². The summed E-state index contributed by atoms with van der Waals surface area (Å²) in [5.41, 5.74) is 6.52. The normalized spacial score (nSPS) is 14.3. The van der Waals surface area contributed by atoms with E-state index in [0.29, 0.717) is 17.5 Å². The Hall–Kier alpha value is -1.40. The van der Waals surface area contributed by atoms with Crippen LogP contribution in [0.2, 0.25) is 0 Å². The molecule has 1 aromatic rings. The van der Waals surface area contributed by atoms with Crippen LogP contribution in [0.15, 0.2) is 6.20 Å². The number of nitrogens with zero attached hydrogens (tertiary/aromatic N) is 2. The van der Waals surface area contributed by atoms with Gasteiger partial charge in [-0.2, -0.15) is 4.98 Å². The van der Waals surface area contributed by atoms with E-state index in [-0.39, 0.29) is 6.10 Å². The predicted molar refractivity (Wildman–Crippen MR) is 58.5 cm³/mol. The van der Waals surface area contributed by atoms with E-state index in [1.165, 1.54) is 20.4 Å². The van der Waals surface area contributed by atoms with Crippen molar-refractivity contribution in [2.75, 3.05) is 21.3 Å². The molecule has 0 saturated carbocycles. The summed E-state index contributed by atoms with van der Waals surface area (Å²) in [5.74, 6) is 0.744. The van der Waals surface area contributed by atoms with Crippen LogP contribution in [-0.2, 0) is 4.74 Å². The molecule has 0 bridgehead atoms. The van der Waals surface area contributed by atoms with Crippen LogP contribution in [0, 0.1) is 0 Å². The fraction of sp³-hybridized carbons (Fsp3) is 0.600. The monoisotopic (exact) mass is 227 g/mol. The van der Waals surface area contributed by atoms with Crippen molar-refractivity contribution < 1.29 is 14.2 Å². The minimum absolute atomic E-state index is 0.170. The molecule has 2 N–H and O–H groups in total. The second-order valence-corrected chi connectivity index (χ2v) is 3.27. The Morgan fingerprint density at radius 2 is 1.94 bits per heavy atom. The summed E-state index contributed by atoms with van der Waals surface area (Å²) in [6.07, 6.45) is 1.33. The Labute approximate surface area is 94.7 Å². The van der Waals surface area contributed by atoms with Gasteiger partial charge in [0.1, 0.15) is 5.69 Å². The average molecular weight is 227 g/mol. The maximum absolute atomic E-state index is 5.97. The third-order valence-electron chi connectivity index (χ3n) is 2.34. The second-order valence-electron chi connectivity index (χ2n) is 3.27. The molecule has 0 spiro atoms. The minimum atomic E-state index is -0.390. The zero-order valence-corrected chi connectivity index (χ0v) is 9.93. The van der Waals surface area contributed by atoms with Crippen molar-refractivity contribution in [2.45, 2.75) is 19.1 Å². The first-order valence-electron chi connectivity index (χ1n) is 4.87. The Morgan fingerprint density at radius 1 is 1.25 bits per heavy atom. The van der Waals surface area contributed by atoms with E-state index in [1.54, 1.807) is 7.11 Å². The van der Waals surface area contributed by atoms with Crippen molar-refractivity contribution in [3.63, 3.8) is 0 Å². The largest absolute Gasteiger partial charge is 0.480 e. The van der Waals surface area contributed by atoms with Crippen molar-refractivity contribution in [3.8, 4) is 11.8 Å². The smallest absolute Gasteiger partial charge is 0.240 e. The Bertz CT molecular complexity index is 346. The van der Waals surface area contributed by atoms with Gasteiger partial charge in [0.05, 0.1) is 32.6 Å². The van der Waals surface area contributed by atoms with E-state index in [1.807, 2.05) is 6.92 Å². The molecular weight excluding hydrogens is 210 g/mol. The van der Waals surface area contributed by atoms with Crippen LogP contribution < -0.4 is 15.2 Å². The van der Waals surface area contributed by atoms with Crippen LogP contribution in [-0.4, -0.2) is 37.4 Å². The van der Waals surface area contributed by atoms with Gasteiger partial charge >= 0.3 is 0 Å². The molecule has 2 unspecified atom stereocenters. The summed E-state index contributed by atoms with van der Waals surface area (Å²) in [7, 11) is 4.62. The number of ether oxygens (including phenoxy) is 3. The number of hydrogen-bond acceptors (Lipinski definition) is 6. The van der Waals surface area contributed by atoms with Gasteiger partial charge < -0.3 is 19.9 Å². The zero-order chi connectivity index (χ0) is 12.1. The lowest BCUT2D eigenvalue weighted by Crippen LogP contribution is -2.27. The molecule has 6 heteroatoms. The maximum atomic E-state index is 5.97. The van der Waals surface area contributed by atoms with Crippen LogP contribution in [0.4, 0.5) is 0 Å². The van der Waals surface area contributed by atoms with E-state index in [0.717, 1.165) is 0 Å². The highest BCUT2D eigenvalue weighted by molar-refractivity contribution is 5.26. The van der Waals surface area contributed by atoms with E-state index in [4.69, 9.17) is 19.9 Å². The minimum Gasteiger partial charge on any atom is -0.480 e. The topological polar surface area (TPSA) is 79.5 Å². The van der Waals surface area contributed by atoms with Crippen molar-refractivity contribution in [1.82, 2.24) is 9.97 Å². The summed E-state index contributed by atoms with van der Waals surface area (Å²) in [4.78, 5) is 8.28. The molecule has 1 rings (SSSR count). The highest BCUT2D eigenvalue weighted by atomic mass is 16.5. The maximum Gasteiger partial charge on any atom is 0.240 e. The van der Waals surface area contributed by atoms with Crippen molar-refractivity contribution >= 4 is 0 Å². The quantitative estimate of drug-likeness (QED) is 0.790. The van der Waals surface area contributed by atoms with Gasteiger partial charge in [-0.25, -0.2) is 4.98 Å². The first kappa shape index (κ1) is 12.7. The summed E-state index contributed by atoms with van der Waals surface area (Å²) in [6, 6.07) is -0.390. The lowest BCUT2D eigenvalue weighted by Gasteiger charge is -2.19. The molecule has 0 aromatic carbocycles. The molecule has 1 heterocycles. The van der Waals surface area contributed by atoms with Gasteiger partial charge in [-0.15, -0.1) is 0 Å². The van der Waals surface area contributed by atoms with E-state index >= 15 is 0 Å². The number of rotatable bonds is 5. The fourth-order valence-corrected chi connectivity index (χ4v) is 1.21. The molecule has 6 nitrogen and oxygen atoms in total. The van der Waals surface area contributed by atoms with E-state index in [9.17, 15) is 0 Å². The van der Waals surface area contributed by atoms with Crippen molar-refractivity contribution in [1.29, 1.82) is 0 Å². The molecule has 1 aromatic heterocycles. The zero-order valence-electron chi connectivity index (χ0n) is 9.93. The molecule has 0 radical (unpaired) electrons. The first-order valence-corrected chi connectivity index (χ1v) is 4.87. The highest BCUT2D eigenvalue weighted by Crippen LogP contribution is 2.24. The fourth-order valence-electron chi connectivity index (χ4n) is 1.21. The van der Waals surface area contributed by atoms with Gasteiger partial charge in [-0.3, -0.25) is 0 Å². The molecular formula is C10H17N3O3. The van der Waals surface area contributed by atoms with Crippen LogP contribution in [0.25, 0.3) is 0 Å². The van der Waals surface area contributed by atoms with Crippen LogP contribution in [0.1, 0.15) is 18.7 Å². The lowest BCUT2D eigenvalue weighted by atomic mass is 10.1. The van der Waals surface area contributed by atoms with Crippen LogP contribution in [0.5, 0.6) is 11.8 Å². The summed E-state index contributed by atoms with van der Waals surface area (Å²) in [5, 5.41) is 0. The average Bonchev–Trinajstić information content (AvgIpc) is 2.35. The molecule has 16 heavy (non-hydrogen) atoms. The second kappa shape index (κ2) is 5.62. The molecule has 2 atom stereocenters. The Kier molecular flexibility index (Phi) is 4.45. The highest BCUT2D eigenvalue weighted by Gasteiger charge is 2.21. The molecule has 0 aliphatic carbocycles. The van der Waals surface area contributed by atoms with Crippen molar-refractivity contribution in [2.24, 2.45) is 5.73 Å². The lowest BCUT2D eigenvalue weighted by molar-refractivity contribution is 0.0932. The first-order chi connectivity index (χ1) is 7.63. The van der Waals surface area contributed by atoms with Gasteiger partial charge in [0.15, 0.2) is 0 Å². The molecule has 0 aliphatic heterocycles. The molecule has 0 aliphatic rings.